The molecule has 5 nitrogen and oxygen atoms in total. The van der Waals surface area contributed by atoms with Gasteiger partial charge < -0.3 is 15.8 Å². The number of benzene rings is 1. The molecule has 122 valence electrons. The molecular weight excluding hydrogens is 354 g/mol. The molecule has 1 unspecified atom stereocenters. The van der Waals surface area contributed by atoms with E-state index in [1.54, 1.807) is 16.7 Å². The Morgan fingerprint density at radius 1 is 1.48 bits per heavy atom. The van der Waals surface area contributed by atoms with Gasteiger partial charge in [0.1, 0.15) is 10.7 Å². The van der Waals surface area contributed by atoms with E-state index < -0.39 is 0 Å². The number of hydrogen-bond donors (Lipinski definition) is 2. The zero-order valence-corrected chi connectivity index (χ0v) is 14.6. The molecule has 1 aliphatic rings. The van der Waals surface area contributed by atoms with Gasteiger partial charge in [-0.25, -0.2) is 0 Å². The van der Waals surface area contributed by atoms with Gasteiger partial charge >= 0.3 is 0 Å². The van der Waals surface area contributed by atoms with Crippen molar-refractivity contribution in [3.8, 4) is 5.69 Å². The van der Waals surface area contributed by atoms with Crippen molar-refractivity contribution >= 4 is 46.9 Å². The fourth-order valence-corrected chi connectivity index (χ4v) is 3.88. The maximum absolute atomic E-state index is 12.4. The molecule has 0 bridgehead atoms. The number of anilines is 1. The van der Waals surface area contributed by atoms with Crippen molar-refractivity contribution < 1.29 is 9.53 Å². The van der Waals surface area contributed by atoms with E-state index in [0.717, 1.165) is 25.1 Å². The summed E-state index contributed by atoms with van der Waals surface area (Å²) in [7, 11) is 0. The van der Waals surface area contributed by atoms with E-state index in [0.29, 0.717) is 26.2 Å². The average molecular weight is 370 g/mol. The summed E-state index contributed by atoms with van der Waals surface area (Å²) in [6.45, 7) is 1.25. The van der Waals surface area contributed by atoms with Crippen LogP contribution in [-0.4, -0.2) is 29.7 Å². The fourth-order valence-electron chi connectivity index (χ4n) is 2.47. The molecule has 0 radical (unpaired) electrons. The van der Waals surface area contributed by atoms with Gasteiger partial charge in [0.15, 0.2) is 3.95 Å². The Balaban J connectivity index is 1.80. The van der Waals surface area contributed by atoms with Crippen LogP contribution in [0.2, 0.25) is 5.02 Å². The zero-order valence-electron chi connectivity index (χ0n) is 12.3. The lowest BCUT2D eigenvalue weighted by atomic mass is 10.2. The first-order valence-corrected chi connectivity index (χ1v) is 8.83. The lowest BCUT2D eigenvalue weighted by Gasteiger charge is -2.10. The molecule has 0 saturated carbocycles. The molecular formula is C15H16ClN3O2S2. The van der Waals surface area contributed by atoms with Gasteiger partial charge in [0.2, 0.25) is 0 Å². The third-order valence-corrected chi connectivity index (χ3v) is 5.29. The van der Waals surface area contributed by atoms with Crippen LogP contribution in [0.25, 0.3) is 5.69 Å². The number of rotatable bonds is 4. The highest BCUT2D eigenvalue weighted by Crippen LogP contribution is 2.27. The van der Waals surface area contributed by atoms with Gasteiger partial charge in [-0.2, -0.15) is 0 Å². The molecule has 1 amide bonds. The van der Waals surface area contributed by atoms with Gasteiger partial charge in [0.05, 0.1) is 6.10 Å². The highest BCUT2D eigenvalue weighted by molar-refractivity contribution is 7.73. The maximum atomic E-state index is 12.4. The number of nitrogens with zero attached hydrogens (tertiary/aromatic N) is 1. The Kier molecular flexibility index (Phi) is 5.01. The standard InChI is InChI=1S/C15H16ClN3O2S2/c16-9-3-5-10(6-4-9)19-13(17)12(23-15(19)22)14(20)18-8-11-2-1-7-21-11/h3-6,11H,1-2,7-8,17H2,(H,18,20). The van der Waals surface area contributed by atoms with Gasteiger partial charge in [0, 0.05) is 23.9 Å². The number of hydrogen-bond acceptors (Lipinski definition) is 5. The van der Waals surface area contributed by atoms with E-state index in [-0.39, 0.29) is 12.0 Å². The summed E-state index contributed by atoms with van der Waals surface area (Å²) < 4.78 is 7.70. The minimum Gasteiger partial charge on any atom is -0.383 e. The highest BCUT2D eigenvalue weighted by Gasteiger charge is 2.21. The zero-order chi connectivity index (χ0) is 16.4. The number of nitrogens with one attached hydrogen (secondary N) is 1. The number of carbonyl (C=O) groups excluding carboxylic acids is 1. The van der Waals surface area contributed by atoms with E-state index in [2.05, 4.69) is 5.32 Å². The second kappa shape index (κ2) is 7.00. The van der Waals surface area contributed by atoms with Crippen LogP contribution in [0.1, 0.15) is 22.5 Å². The van der Waals surface area contributed by atoms with Crippen molar-refractivity contribution in [2.75, 3.05) is 18.9 Å². The van der Waals surface area contributed by atoms with Crippen molar-refractivity contribution in [2.45, 2.75) is 18.9 Å². The Labute approximate surface area is 148 Å². The number of aromatic nitrogens is 1. The first-order valence-electron chi connectivity index (χ1n) is 7.23. The molecule has 0 spiro atoms. The molecule has 1 aromatic heterocycles. The predicted octanol–water partition coefficient (Wildman–Crippen LogP) is 3.41. The van der Waals surface area contributed by atoms with Gasteiger partial charge in [-0.05, 0) is 49.3 Å². The SMILES string of the molecule is Nc1c(C(=O)NCC2CCCO2)sc(=S)n1-c1ccc(Cl)cc1. The van der Waals surface area contributed by atoms with Gasteiger partial charge in [-0.3, -0.25) is 9.36 Å². The topological polar surface area (TPSA) is 69.3 Å². The maximum Gasteiger partial charge on any atom is 0.265 e. The summed E-state index contributed by atoms with van der Waals surface area (Å²) >= 11 is 12.4. The smallest absolute Gasteiger partial charge is 0.265 e. The Morgan fingerprint density at radius 3 is 2.87 bits per heavy atom. The van der Waals surface area contributed by atoms with Crippen molar-refractivity contribution in [3.63, 3.8) is 0 Å². The lowest BCUT2D eigenvalue weighted by molar-refractivity contribution is 0.0861. The Morgan fingerprint density at radius 2 is 2.22 bits per heavy atom. The van der Waals surface area contributed by atoms with Crippen molar-refractivity contribution in [1.29, 1.82) is 0 Å². The molecule has 1 saturated heterocycles. The summed E-state index contributed by atoms with van der Waals surface area (Å²) in [6.07, 6.45) is 2.10. The number of thiazole rings is 1. The fraction of sp³-hybridized carbons (Fsp3) is 0.333. The van der Waals surface area contributed by atoms with Crippen LogP contribution in [0.4, 0.5) is 5.82 Å². The van der Waals surface area contributed by atoms with Crippen molar-refractivity contribution in [1.82, 2.24) is 9.88 Å². The number of nitrogens with two attached hydrogens (primary N) is 1. The molecule has 2 heterocycles. The first kappa shape index (κ1) is 16.4. The quantitative estimate of drug-likeness (QED) is 0.810. The summed E-state index contributed by atoms with van der Waals surface area (Å²) in [6, 6.07) is 7.14. The predicted molar refractivity (Wildman–Crippen MR) is 95.2 cm³/mol. The van der Waals surface area contributed by atoms with Crippen LogP contribution in [0.5, 0.6) is 0 Å². The van der Waals surface area contributed by atoms with E-state index in [1.165, 1.54) is 11.3 Å². The van der Waals surface area contributed by atoms with Gasteiger partial charge in [0.25, 0.3) is 5.91 Å². The van der Waals surface area contributed by atoms with E-state index in [1.807, 2.05) is 12.1 Å². The molecule has 3 N–H and O–H groups in total. The Bertz CT molecular complexity index is 764. The number of halogens is 1. The van der Waals surface area contributed by atoms with Crippen LogP contribution in [0.15, 0.2) is 24.3 Å². The molecule has 1 aromatic carbocycles. The monoisotopic (exact) mass is 369 g/mol. The first-order chi connectivity index (χ1) is 11.1. The molecule has 3 rings (SSSR count). The highest BCUT2D eigenvalue weighted by atomic mass is 35.5. The molecule has 1 fully saturated rings. The van der Waals surface area contributed by atoms with Crippen LogP contribution in [0, 0.1) is 3.95 Å². The molecule has 0 aliphatic carbocycles. The van der Waals surface area contributed by atoms with Gasteiger partial charge in [-0.1, -0.05) is 22.9 Å². The molecule has 8 heteroatoms. The third kappa shape index (κ3) is 3.58. The Hall–Kier alpha value is -1.41. The minimum absolute atomic E-state index is 0.0893. The average Bonchev–Trinajstić information content (AvgIpc) is 3.14. The van der Waals surface area contributed by atoms with Crippen LogP contribution in [-0.2, 0) is 4.74 Å². The summed E-state index contributed by atoms with van der Waals surface area (Å²) in [5.74, 6) is 0.119. The largest absolute Gasteiger partial charge is 0.383 e. The number of amides is 1. The van der Waals surface area contributed by atoms with Gasteiger partial charge in [-0.15, -0.1) is 0 Å². The normalized spacial score (nSPS) is 17.3. The number of carbonyl (C=O) groups is 1. The molecule has 1 atom stereocenters. The summed E-state index contributed by atoms with van der Waals surface area (Å²) in [5.41, 5.74) is 6.92. The van der Waals surface area contributed by atoms with E-state index >= 15 is 0 Å². The van der Waals surface area contributed by atoms with Crippen molar-refractivity contribution in [2.24, 2.45) is 0 Å². The van der Waals surface area contributed by atoms with Crippen molar-refractivity contribution in [3.05, 3.63) is 38.1 Å². The minimum atomic E-state index is -0.221. The molecule has 23 heavy (non-hydrogen) atoms. The van der Waals surface area contributed by atoms with Crippen LogP contribution >= 0.6 is 35.2 Å². The summed E-state index contributed by atoms with van der Waals surface area (Å²) in [5, 5.41) is 3.50. The third-order valence-electron chi connectivity index (χ3n) is 3.65. The lowest BCUT2D eigenvalue weighted by Crippen LogP contribution is -2.31. The van der Waals surface area contributed by atoms with Crippen LogP contribution < -0.4 is 11.1 Å². The second-order valence-electron chi connectivity index (χ2n) is 5.24. The number of ether oxygens (including phenoxy) is 1. The summed E-state index contributed by atoms with van der Waals surface area (Å²) in [4.78, 5) is 12.8. The van der Waals surface area contributed by atoms with E-state index in [4.69, 9.17) is 34.3 Å². The number of nitrogen functional groups attached to an aromatic ring is 1. The molecule has 2 aromatic rings. The van der Waals surface area contributed by atoms with Crippen LogP contribution in [0.3, 0.4) is 0 Å². The molecule has 1 aliphatic heterocycles. The van der Waals surface area contributed by atoms with E-state index in [9.17, 15) is 4.79 Å². The second-order valence-corrected chi connectivity index (χ2v) is 7.32.